The molecule has 0 amide bonds. The Hall–Kier alpha value is -3.08. The maximum Gasteiger partial charge on any atom is 0.229 e. The molecule has 0 fully saturated rings. The van der Waals surface area contributed by atoms with E-state index in [0.717, 1.165) is 36.8 Å². The number of nitrogens with one attached hydrogen (secondary N) is 1. The number of aromatic nitrogens is 2. The Morgan fingerprint density at radius 1 is 1.00 bits per heavy atom. The number of hydrogen-bond acceptors (Lipinski definition) is 5. The molecular weight excluding hydrogens is 336 g/mol. The predicted molar refractivity (Wildman–Crippen MR) is 109 cm³/mol. The van der Waals surface area contributed by atoms with Crippen LogP contribution in [0.25, 0.3) is 0 Å². The van der Waals surface area contributed by atoms with Gasteiger partial charge in [0.2, 0.25) is 5.95 Å². The third-order valence-corrected chi connectivity index (χ3v) is 4.58. The molecule has 3 aromatic rings. The first-order valence-electron chi connectivity index (χ1n) is 9.36. The van der Waals surface area contributed by atoms with Crippen molar-refractivity contribution in [1.29, 1.82) is 0 Å². The number of rotatable bonds is 5. The fourth-order valence-electron chi connectivity index (χ4n) is 3.29. The van der Waals surface area contributed by atoms with Gasteiger partial charge in [0.25, 0.3) is 0 Å². The zero-order valence-electron chi connectivity index (χ0n) is 15.7. The van der Waals surface area contributed by atoms with E-state index in [2.05, 4.69) is 39.5 Å². The van der Waals surface area contributed by atoms with Crippen molar-refractivity contribution in [1.82, 2.24) is 9.97 Å². The highest BCUT2D eigenvalue weighted by Gasteiger charge is 2.17. The zero-order chi connectivity index (χ0) is 18.6. The van der Waals surface area contributed by atoms with Crippen LogP contribution in [-0.4, -0.2) is 22.6 Å². The van der Waals surface area contributed by atoms with Gasteiger partial charge in [0.1, 0.15) is 11.6 Å². The number of ether oxygens (including phenoxy) is 1. The topological polar surface area (TPSA) is 50.3 Å². The number of benzene rings is 2. The summed E-state index contributed by atoms with van der Waals surface area (Å²) < 4.78 is 5.68. The molecule has 1 N–H and O–H groups in total. The van der Waals surface area contributed by atoms with Crippen molar-refractivity contribution in [2.45, 2.75) is 32.9 Å². The summed E-state index contributed by atoms with van der Waals surface area (Å²) in [5.74, 6) is 2.41. The molecule has 0 saturated heterocycles. The van der Waals surface area contributed by atoms with Crippen LogP contribution in [0, 0.1) is 0 Å². The molecule has 0 aliphatic carbocycles. The van der Waals surface area contributed by atoms with E-state index >= 15 is 0 Å². The van der Waals surface area contributed by atoms with Gasteiger partial charge in [-0.1, -0.05) is 24.3 Å². The minimum Gasteiger partial charge on any atom is -0.491 e. The predicted octanol–water partition coefficient (Wildman–Crippen LogP) is 4.57. The summed E-state index contributed by atoms with van der Waals surface area (Å²) >= 11 is 0. The normalized spacial score (nSPS) is 13.4. The van der Waals surface area contributed by atoms with Crippen LogP contribution in [0.3, 0.4) is 0 Å². The first-order valence-corrected chi connectivity index (χ1v) is 9.36. The van der Waals surface area contributed by atoms with Gasteiger partial charge in [0, 0.05) is 25.0 Å². The molecule has 27 heavy (non-hydrogen) atoms. The molecule has 1 aliphatic heterocycles. The van der Waals surface area contributed by atoms with Crippen LogP contribution in [0.15, 0.2) is 60.8 Å². The lowest BCUT2D eigenvalue weighted by atomic mass is 10.00. The molecule has 0 bridgehead atoms. The summed E-state index contributed by atoms with van der Waals surface area (Å²) in [5, 5.41) is 3.28. The van der Waals surface area contributed by atoms with Gasteiger partial charge in [-0.2, -0.15) is 4.98 Å². The van der Waals surface area contributed by atoms with Gasteiger partial charge in [-0.25, -0.2) is 4.98 Å². The third kappa shape index (κ3) is 4.19. The van der Waals surface area contributed by atoms with Crippen LogP contribution in [0.2, 0.25) is 0 Å². The summed E-state index contributed by atoms with van der Waals surface area (Å²) in [7, 11) is 0. The standard InChI is InChI=1S/C22H24N4O/c1-16(2)27-20-9-7-19(8-10-20)24-22-23-13-11-21(25-22)26-14-12-17-5-3-4-6-18(17)15-26/h3-11,13,16H,12,14-15H2,1-2H3,(H,23,24,25). The van der Waals surface area contributed by atoms with Crippen molar-refractivity contribution < 1.29 is 4.74 Å². The quantitative estimate of drug-likeness (QED) is 0.722. The van der Waals surface area contributed by atoms with Crippen LogP contribution >= 0.6 is 0 Å². The summed E-state index contributed by atoms with van der Waals surface area (Å²) in [6.07, 6.45) is 3.01. The van der Waals surface area contributed by atoms with Gasteiger partial charge >= 0.3 is 0 Å². The van der Waals surface area contributed by atoms with Crippen molar-refractivity contribution in [2.24, 2.45) is 0 Å². The molecule has 0 unspecified atom stereocenters. The molecule has 138 valence electrons. The Labute approximate surface area is 160 Å². The molecule has 5 heteroatoms. The lowest BCUT2D eigenvalue weighted by Gasteiger charge is -2.29. The van der Waals surface area contributed by atoms with E-state index in [-0.39, 0.29) is 6.10 Å². The highest BCUT2D eigenvalue weighted by molar-refractivity contribution is 5.56. The van der Waals surface area contributed by atoms with E-state index in [1.54, 1.807) is 6.20 Å². The first-order chi connectivity index (χ1) is 13.2. The van der Waals surface area contributed by atoms with Crippen LogP contribution in [-0.2, 0) is 13.0 Å². The second-order valence-corrected chi connectivity index (χ2v) is 6.99. The molecule has 5 nitrogen and oxygen atoms in total. The van der Waals surface area contributed by atoms with Gasteiger partial charge in [-0.05, 0) is 61.7 Å². The second-order valence-electron chi connectivity index (χ2n) is 6.99. The van der Waals surface area contributed by atoms with Crippen LogP contribution in [0.5, 0.6) is 5.75 Å². The van der Waals surface area contributed by atoms with E-state index in [9.17, 15) is 0 Å². The average molecular weight is 360 g/mol. The molecule has 1 aliphatic rings. The number of hydrogen-bond donors (Lipinski definition) is 1. The first kappa shape index (κ1) is 17.3. The molecule has 2 aromatic carbocycles. The summed E-state index contributed by atoms with van der Waals surface area (Å²) in [6.45, 7) is 5.89. The number of anilines is 3. The van der Waals surface area contributed by atoms with Crippen LogP contribution in [0.4, 0.5) is 17.5 Å². The van der Waals surface area contributed by atoms with Crippen molar-refractivity contribution in [3.63, 3.8) is 0 Å². The maximum absolute atomic E-state index is 5.68. The van der Waals surface area contributed by atoms with Gasteiger partial charge < -0.3 is 15.0 Å². The Bertz CT molecular complexity index is 908. The molecule has 0 spiro atoms. The fourth-order valence-corrected chi connectivity index (χ4v) is 3.29. The SMILES string of the molecule is CC(C)Oc1ccc(Nc2nccc(N3CCc4ccccc4C3)n2)cc1. The lowest BCUT2D eigenvalue weighted by Crippen LogP contribution is -2.31. The Morgan fingerprint density at radius 3 is 2.56 bits per heavy atom. The maximum atomic E-state index is 5.68. The molecule has 4 rings (SSSR count). The highest BCUT2D eigenvalue weighted by Crippen LogP contribution is 2.24. The van der Waals surface area contributed by atoms with Crippen molar-refractivity contribution >= 4 is 17.5 Å². The molecule has 0 atom stereocenters. The minimum atomic E-state index is 0.165. The second kappa shape index (κ2) is 7.66. The van der Waals surface area contributed by atoms with Gasteiger partial charge in [0.05, 0.1) is 6.10 Å². The zero-order valence-corrected chi connectivity index (χ0v) is 15.7. The third-order valence-electron chi connectivity index (χ3n) is 4.58. The van der Waals surface area contributed by atoms with Gasteiger partial charge in [-0.15, -0.1) is 0 Å². The molecule has 0 saturated carbocycles. The minimum absolute atomic E-state index is 0.165. The molecular formula is C22H24N4O. The number of nitrogens with zero attached hydrogens (tertiary/aromatic N) is 3. The molecule has 1 aromatic heterocycles. The van der Waals surface area contributed by atoms with E-state index in [0.29, 0.717) is 5.95 Å². The largest absolute Gasteiger partial charge is 0.491 e. The smallest absolute Gasteiger partial charge is 0.229 e. The van der Waals surface area contributed by atoms with E-state index in [4.69, 9.17) is 9.72 Å². The Kier molecular flexibility index (Phi) is 4.92. The molecule has 2 heterocycles. The highest BCUT2D eigenvalue weighted by atomic mass is 16.5. The average Bonchev–Trinajstić information content (AvgIpc) is 2.69. The molecule has 0 radical (unpaired) electrons. The van der Waals surface area contributed by atoms with Crippen LogP contribution in [0.1, 0.15) is 25.0 Å². The number of fused-ring (bicyclic) bond motifs is 1. The van der Waals surface area contributed by atoms with Crippen molar-refractivity contribution in [2.75, 3.05) is 16.8 Å². The van der Waals surface area contributed by atoms with E-state index < -0.39 is 0 Å². The fraction of sp³-hybridized carbons (Fsp3) is 0.273. The van der Waals surface area contributed by atoms with Crippen molar-refractivity contribution in [3.8, 4) is 5.75 Å². The Morgan fingerprint density at radius 2 is 1.78 bits per heavy atom. The van der Waals surface area contributed by atoms with Gasteiger partial charge in [-0.3, -0.25) is 0 Å². The monoisotopic (exact) mass is 360 g/mol. The van der Waals surface area contributed by atoms with E-state index in [1.165, 1.54) is 11.1 Å². The Balaban J connectivity index is 1.47. The van der Waals surface area contributed by atoms with Crippen molar-refractivity contribution in [3.05, 3.63) is 71.9 Å². The van der Waals surface area contributed by atoms with Gasteiger partial charge in [0.15, 0.2) is 0 Å². The van der Waals surface area contributed by atoms with Crippen LogP contribution < -0.4 is 15.0 Å². The summed E-state index contributed by atoms with van der Waals surface area (Å²) in [5.41, 5.74) is 3.75. The lowest BCUT2D eigenvalue weighted by molar-refractivity contribution is 0.242. The summed E-state index contributed by atoms with van der Waals surface area (Å²) in [6, 6.07) is 18.4. The summed E-state index contributed by atoms with van der Waals surface area (Å²) in [4.78, 5) is 11.4. The van der Waals surface area contributed by atoms with E-state index in [1.807, 2.05) is 44.2 Å².